The molecule has 5 nitrogen and oxygen atoms in total. The molecule has 0 aliphatic heterocycles. The van der Waals surface area contributed by atoms with E-state index in [1.165, 1.54) is 42.6 Å². The van der Waals surface area contributed by atoms with Crippen molar-refractivity contribution in [2.75, 3.05) is 5.32 Å². The van der Waals surface area contributed by atoms with Gasteiger partial charge in [0.05, 0.1) is 5.57 Å². The van der Waals surface area contributed by atoms with Gasteiger partial charge in [0.1, 0.15) is 17.4 Å². The van der Waals surface area contributed by atoms with Crippen molar-refractivity contribution in [2.24, 2.45) is 0 Å². The Hall–Kier alpha value is -4.12. The zero-order valence-electron chi connectivity index (χ0n) is 16.3. The number of benzene rings is 2. The van der Waals surface area contributed by atoms with E-state index in [1.807, 2.05) is 6.07 Å². The summed E-state index contributed by atoms with van der Waals surface area (Å²) in [4.78, 5) is 16.3. The van der Waals surface area contributed by atoms with Crippen LogP contribution in [0.15, 0.2) is 72.9 Å². The van der Waals surface area contributed by atoms with E-state index in [4.69, 9.17) is 10.00 Å². The third kappa shape index (κ3) is 5.48. The summed E-state index contributed by atoms with van der Waals surface area (Å²) in [5, 5.41) is 11.6. The first-order valence-electron chi connectivity index (χ1n) is 9.07. The molecule has 31 heavy (non-hydrogen) atoms. The number of pyridine rings is 1. The van der Waals surface area contributed by atoms with Crippen LogP contribution >= 0.6 is 0 Å². The quantitative estimate of drug-likeness (QED) is 0.539. The molecule has 0 saturated heterocycles. The lowest BCUT2D eigenvalue weighted by atomic mass is 10.0. The van der Waals surface area contributed by atoms with E-state index >= 15 is 0 Å². The number of allylic oxidation sites excluding steroid dienone is 1. The maximum Gasteiger partial charge on any atom is 0.417 e. The topological polar surface area (TPSA) is 75.0 Å². The Labute approximate surface area is 176 Å². The minimum absolute atomic E-state index is 0.103. The summed E-state index contributed by atoms with van der Waals surface area (Å²) in [5.74, 6) is -0.423. The molecule has 0 bridgehead atoms. The molecular weight excluding hydrogens is 407 g/mol. The highest BCUT2D eigenvalue weighted by Crippen LogP contribution is 2.34. The zero-order valence-corrected chi connectivity index (χ0v) is 16.3. The number of hydrogen-bond donors (Lipinski definition) is 1. The molecule has 8 heteroatoms. The molecule has 0 unspecified atom stereocenters. The summed E-state index contributed by atoms with van der Waals surface area (Å²) in [6, 6.07) is 16.8. The third-order valence-electron chi connectivity index (χ3n) is 4.23. The normalized spacial score (nSPS) is 11.5. The lowest BCUT2D eigenvalue weighted by molar-refractivity contribution is -0.112. The van der Waals surface area contributed by atoms with Crippen LogP contribution in [0.25, 0.3) is 5.57 Å². The highest BCUT2D eigenvalue weighted by atomic mass is 19.4. The maximum absolute atomic E-state index is 13.4. The molecule has 0 atom stereocenters. The van der Waals surface area contributed by atoms with Gasteiger partial charge in [0.2, 0.25) is 11.8 Å². The van der Waals surface area contributed by atoms with Crippen molar-refractivity contribution in [1.82, 2.24) is 4.98 Å². The molecule has 1 aromatic heterocycles. The molecule has 3 rings (SSSR count). The van der Waals surface area contributed by atoms with E-state index in [0.717, 1.165) is 0 Å². The molecule has 1 heterocycles. The fraction of sp³-hybridized carbons (Fsp3) is 0.0870. The zero-order chi connectivity index (χ0) is 22.4. The summed E-state index contributed by atoms with van der Waals surface area (Å²) < 4.78 is 45.8. The first-order valence-corrected chi connectivity index (χ1v) is 9.07. The molecule has 0 spiro atoms. The van der Waals surface area contributed by atoms with Gasteiger partial charge >= 0.3 is 6.18 Å². The summed E-state index contributed by atoms with van der Waals surface area (Å²) in [6.45, 7) is 1.66. The molecule has 1 amide bonds. The lowest BCUT2D eigenvalue weighted by Crippen LogP contribution is -2.16. The number of anilines is 1. The standard InChI is InChI=1S/C23H16F3N3O2/c1-15-12-18(31-22-17(14-27)8-5-11-28-22)9-10-20(15)29-21(30)13-19(23(24,25)26)16-6-3-2-4-7-16/h2-13H,1H3,(H,29,30)/b19-13-. The molecule has 0 aliphatic carbocycles. The predicted molar refractivity (Wildman–Crippen MR) is 109 cm³/mol. The predicted octanol–water partition coefficient (Wildman–Crippen LogP) is 5.64. The Morgan fingerprint density at radius 3 is 2.52 bits per heavy atom. The van der Waals surface area contributed by atoms with Crippen molar-refractivity contribution in [2.45, 2.75) is 13.1 Å². The fourth-order valence-electron chi connectivity index (χ4n) is 2.76. The molecular formula is C23H16F3N3O2. The number of carbonyl (C=O) groups is 1. The number of rotatable bonds is 5. The second-order valence-corrected chi connectivity index (χ2v) is 6.46. The van der Waals surface area contributed by atoms with E-state index in [9.17, 15) is 18.0 Å². The molecule has 0 aliphatic rings. The number of carbonyl (C=O) groups excluding carboxylic acids is 1. The van der Waals surface area contributed by atoms with Gasteiger partial charge in [-0.05, 0) is 48.4 Å². The Balaban J connectivity index is 1.80. The number of hydrogen-bond acceptors (Lipinski definition) is 4. The Morgan fingerprint density at radius 1 is 1.13 bits per heavy atom. The number of nitrogens with zero attached hydrogens (tertiary/aromatic N) is 2. The first-order chi connectivity index (χ1) is 14.8. The second kappa shape index (κ2) is 9.13. The average Bonchev–Trinajstić information content (AvgIpc) is 2.74. The van der Waals surface area contributed by atoms with E-state index < -0.39 is 17.7 Å². The molecule has 156 valence electrons. The van der Waals surface area contributed by atoms with Crippen molar-refractivity contribution < 1.29 is 22.7 Å². The van der Waals surface area contributed by atoms with Crippen LogP contribution in [0.3, 0.4) is 0 Å². The van der Waals surface area contributed by atoms with E-state index in [2.05, 4.69) is 10.3 Å². The van der Waals surface area contributed by atoms with Crippen LogP contribution in [0, 0.1) is 18.3 Å². The second-order valence-electron chi connectivity index (χ2n) is 6.46. The number of nitriles is 1. The molecule has 0 saturated carbocycles. The summed E-state index contributed by atoms with van der Waals surface area (Å²) in [5.41, 5.74) is -0.00777. The van der Waals surface area contributed by atoms with Gasteiger partial charge in [0.25, 0.3) is 0 Å². The number of nitrogens with one attached hydrogen (secondary N) is 1. The molecule has 3 aromatic rings. The summed E-state index contributed by atoms with van der Waals surface area (Å²) in [6.07, 6.45) is -2.67. The average molecular weight is 423 g/mol. The van der Waals surface area contributed by atoms with Gasteiger partial charge in [0, 0.05) is 18.0 Å². The lowest BCUT2D eigenvalue weighted by Gasteiger charge is -2.13. The van der Waals surface area contributed by atoms with Gasteiger partial charge in [-0.25, -0.2) is 4.98 Å². The van der Waals surface area contributed by atoms with Gasteiger partial charge in [0.15, 0.2) is 0 Å². The van der Waals surface area contributed by atoms with E-state index in [1.54, 1.807) is 31.2 Å². The highest BCUT2D eigenvalue weighted by molar-refractivity contribution is 6.05. The van der Waals surface area contributed by atoms with Crippen molar-refractivity contribution in [3.05, 3.63) is 89.6 Å². The van der Waals surface area contributed by atoms with Crippen LogP contribution in [0.1, 0.15) is 16.7 Å². The van der Waals surface area contributed by atoms with Crippen LogP contribution in [0.4, 0.5) is 18.9 Å². The van der Waals surface area contributed by atoms with Gasteiger partial charge < -0.3 is 10.1 Å². The maximum atomic E-state index is 13.4. The van der Waals surface area contributed by atoms with Gasteiger partial charge in [-0.2, -0.15) is 18.4 Å². The van der Waals surface area contributed by atoms with Gasteiger partial charge in [-0.3, -0.25) is 4.79 Å². The van der Waals surface area contributed by atoms with E-state index in [0.29, 0.717) is 23.1 Å². The summed E-state index contributed by atoms with van der Waals surface area (Å²) >= 11 is 0. The van der Waals surface area contributed by atoms with Gasteiger partial charge in [-0.15, -0.1) is 0 Å². The van der Waals surface area contributed by atoms with Crippen LogP contribution in [0.2, 0.25) is 0 Å². The Morgan fingerprint density at radius 2 is 1.87 bits per heavy atom. The van der Waals surface area contributed by atoms with Crippen molar-refractivity contribution in [1.29, 1.82) is 5.26 Å². The van der Waals surface area contributed by atoms with Crippen molar-refractivity contribution in [3.8, 4) is 17.7 Å². The smallest absolute Gasteiger partial charge is 0.417 e. The van der Waals surface area contributed by atoms with Crippen LogP contribution < -0.4 is 10.1 Å². The first kappa shape index (κ1) is 21.6. The monoisotopic (exact) mass is 423 g/mol. The molecule has 0 radical (unpaired) electrons. The number of aromatic nitrogens is 1. The summed E-state index contributed by atoms with van der Waals surface area (Å²) in [7, 11) is 0. The number of amides is 1. The minimum atomic E-state index is -4.69. The van der Waals surface area contributed by atoms with Crippen molar-refractivity contribution in [3.63, 3.8) is 0 Å². The largest absolute Gasteiger partial charge is 0.438 e. The molecule has 0 fully saturated rings. The van der Waals surface area contributed by atoms with Crippen LogP contribution in [-0.4, -0.2) is 17.1 Å². The number of alkyl halides is 3. The Bertz CT molecular complexity index is 1170. The third-order valence-corrected chi connectivity index (χ3v) is 4.23. The SMILES string of the molecule is Cc1cc(Oc2ncccc2C#N)ccc1NC(=O)/C=C(/c1ccccc1)C(F)(F)F. The molecule has 1 N–H and O–H groups in total. The van der Waals surface area contributed by atoms with Crippen molar-refractivity contribution >= 4 is 17.2 Å². The van der Waals surface area contributed by atoms with Crippen LogP contribution in [-0.2, 0) is 4.79 Å². The number of halogens is 3. The van der Waals surface area contributed by atoms with Gasteiger partial charge in [-0.1, -0.05) is 30.3 Å². The number of aryl methyl sites for hydroxylation is 1. The van der Waals surface area contributed by atoms with Crippen LogP contribution in [0.5, 0.6) is 11.6 Å². The minimum Gasteiger partial charge on any atom is -0.438 e. The Kier molecular flexibility index (Phi) is 6.36. The molecule has 2 aromatic carbocycles. The number of ether oxygens (including phenoxy) is 1. The highest BCUT2D eigenvalue weighted by Gasteiger charge is 2.35. The van der Waals surface area contributed by atoms with E-state index in [-0.39, 0.29) is 17.0 Å². The fourth-order valence-corrected chi connectivity index (χ4v) is 2.76.